The van der Waals surface area contributed by atoms with Crippen LogP contribution in [0.1, 0.15) is 30.7 Å². The number of hydrogen-bond donors (Lipinski definition) is 1. The Kier molecular flexibility index (Phi) is 2.37. The summed E-state index contributed by atoms with van der Waals surface area (Å²) in [5, 5.41) is 3.56. The topological polar surface area (TPSA) is 21.3 Å². The van der Waals surface area contributed by atoms with E-state index in [1.165, 1.54) is 31.4 Å². The fourth-order valence-electron chi connectivity index (χ4n) is 2.73. The van der Waals surface area contributed by atoms with E-state index in [1.54, 1.807) is 0 Å². The molecular formula is C13H17NO. The quantitative estimate of drug-likeness (QED) is 0.796. The van der Waals surface area contributed by atoms with E-state index in [2.05, 4.69) is 29.6 Å². The first kappa shape index (κ1) is 9.22. The fourth-order valence-corrected chi connectivity index (χ4v) is 2.73. The summed E-state index contributed by atoms with van der Waals surface area (Å²) in [5.74, 6) is 1.71. The molecule has 0 spiro atoms. The normalized spacial score (nSPS) is 28.8. The minimum absolute atomic E-state index is 0.608. The molecule has 2 atom stereocenters. The molecule has 80 valence electrons. The van der Waals surface area contributed by atoms with Crippen LogP contribution in [0.3, 0.4) is 0 Å². The maximum atomic E-state index is 5.69. The summed E-state index contributed by atoms with van der Waals surface area (Å²) >= 11 is 0. The number of para-hydroxylation sites is 1. The summed E-state index contributed by atoms with van der Waals surface area (Å²) in [5.41, 5.74) is 1.41. The van der Waals surface area contributed by atoms with Crippen LogP contribution in [0, 0.1) is 0 Å². The minimum Gasteiger partial charge on any atom is -0.493 e. The van der Waals surface area contributed by atoms with E-state index < -0.39 is 0 Å². The first-order valence-electron chi connectivity index (χ1n) is 5.88. The lowest BCUT2D eigenvalue weighted by atomic mass is 9.93. The summed E-state index contributed by atoms with van der Waals surface area (Å²) < 4.78 is 5.69. The van der Waals surface area contributed by atoms with E-state index in [-0.39, 0.29) is 0 Å². The van der Waals surface area contributed by atoms with Crippen molar-refractivity contribution in [2.45, 2.75) is 31.2 Å². The molecule has 1 aromatic rings. The highest BCUT2D eigenvalue weighted by Gasteiger charge is 2.27. The molecule has 0 amide bonds. The molecule has 0 aliphatic carbocycles. The maximum Gasteiger partial charge on any atom is 0.122 e. The van der Waals surface area contributed by atoms with E-state index in [4.69, 9.17) is 4.74 Å². The van der Waals surface area contributed by atoms with Gasteiger partial charge in [0.2, 0.25) is 0 Å². The number of rotatable bonds is 2. The van der Waals surface area contributed by atoms with Crippen LogP contribution < -0.4 is 10.1 Å². The average Bonchev–Trinajstić information content (AvgIpc) is 2.89. The molecule has 0 bridgehead atoms. The first-order valence-corrected chi connectivity index (χ1v) is 5.88. The van der Waals surface area contributed by atoms with E-state index in [1.807, 2.05) is 0 Å². The summed E-state index contributed by atoms with van der Waals surface area (Å²) in [7, 11) is 0. The van der Waals surface area contributed by atoms with Gasteiger partial charge in [-0.3, -0.25) is 0 Å². The van der Waals surface area contributed by atoms with Gasteiger partial charge in [-0.15, -0.1) is 0 Å². The smallest absolute Gasteiger partial charge is 0.122 e. The van der Waals surface area contributed by atoms with E-state index >= 15 is 0 Å². The predicted molar refractivity (Wildman–Crippen MR) is 60.3 cm³/mol. The summed E-state index contributed by atoms with van der Waals surface area (Å²) in [4.78, 5) is 0. The lowest BCUT2D eigenvalue weighted by molar-refractivity contribution is 0.315. The second-order valence-electron chi connectivity index (χ2n) is 4.57. The van der Waals surface area contributed by atoms with Gasteiger partial charge >= 0.3 is 0 Å². The monoisotopic (exact) mass is 203 g/mol. The van der Waals surface area contributed by atoms with Gasteiger partial charge < -0.3 is 10.1 Å². The van der Waals surface area contributed by atoms with Crippen LogP contribution in [0.5, 0.6) is 5.75 Å². The zero-order valence-corrected chi connectivity index (χ0v) is 8.91. The molecular weight excluding hydrogens is 186 g/mol. The van der Waals surface area contributed by atoms with Crippen LogP contribution >= 0.6 is 0 Å². The van der Waals surface area contributed by atoms with Gasteiger partial charge in [-0.25, -0.2) is 0 Å². The molecule has 2 heteroatoms. The standard InChI is InChI=1S/C13H17NO/c1-2-6-13-12(5-1)10(9-15-13)8-11-4-3-7-14-11/h1-2,5-6,10-11,14H,3-4,7-9H2. The van der Waals surface area contributed by atoms with Gasteiger partial charge in [0, 0.05) is 17.5 Å². The van der Waals surface area contributed by atoms with Crippen molar-refractivity contribution in [3.63, 3.8) is 0 Å². The van der Waals surface area contributed by atoms with Gasteiger partial charge in [0.1, 0.15) is 5.75 Å². The molecule has 2 unspecified atom stereocenters. The van der Waals surface area contributed by atoms with E-state index in [0.29, 0.717) is 12.0 Å². The second kappa shape index (κ2) is 3.86. The van der Waals surface area contributed by atoms with Gasteiger partial charge in [0.25, 0.3) is 0 Å². The highest BCUT2D eigenvalue weighted by atomic mass is 16.5. The van der Waals surface area contributed by atoms with Crippen LogP contribution in [0.25, 0.3) is 0 Å². The van der Waals surface area contributed by atoms with Crippen LogP contribution in [-0.4, -0.2) is 19.2 Å². The first-order chi connectivity index (χ1) is 7.43. The molecule has 2 heterocycles. The van der Waals surface area contributed by atoms with Crippen molar-refractivity contribution in [3.05, 3.63) is 29.8 Å². The van der Waals surface area contributed by atoms with Gasteiger partial charge in [-0.05, 0) is 31.9 Å². The van der Waals surface area contributed by atoms with Gasteiger partial charge in [-0.1, -0.05) is 18.2 Å². The molecule has 1 aromatic carbocycles. The van der Waals surface area contributed by atoms with E-state index in [9.17, 15) is 0 Å². The van der Waals surface area contributed by atoms with Crippen LogP contribution in [0.4, 0.5) is 0 Å². The van der Waals surface area contributed by atoms with Crippen molar-refractivity contribution in [3.8, 4) is 5.75 Å². The Morgan fingerprint density at radius 2 is 2.27 bits per heavy atom. The van der Waals surface area contributed by atoms with Gasteiger partial charge in [0.05, 0.1) is 6.61 Å². The Balaban J connectivity index is 1.73. The van der Waals surface area contributed by atoms with Crippen LogP contribution in [-0.2, 0) is 0 Å². The molecule has 0 saturated carbocycles. The molecule has 2 nitrogen and oxygen atoms in total. The molecule has 1 N–H and O–H groups in total. The second-order valence-corrected chi connectivity index (χ2v) is 4.57. The van der Waals surface area contributed by atoms with Gasteiger partial charge in [-0.2, -0.15) is 0 Å². The summed E-state index contributed by atoms with van der Waals surface area (Å²) in [6, 6.07) is 9.17. The van der Waals surface area contributed by atoms with Crippen molar-refractivity contribution in [1.82, 2.24) is 5.32 Å². The molecule has 3 rings (SSSR count). The third kappa shape index (κ3) is 1.74. The van der Waals surface area contributed by atoms with Crippen molar-refractivity contribution in [2.24, 2.45) is 0 Å². The third-order valence-corrected chi connectivity index (χ3v) is 3.53. The van der Waals surface area contributed by atoms with Crippen molar-refractivity contribution >= 4 is 0 Å². The molecule has 1 fully saturated rings. The maximum absolute atomic E-state index is 5.69. The van der Waals surface area contributed by atoms with Crippen molar-refractivity contribution < 1.29 is 4.74 Å². The predicted octanol–water partition coefficient (Wildman–Crippen LogP) is 2.30. The number of nitrogens with one attached hydrogen (secondary N) is 1. The van der Waals surface area contributed by atoms with Crippen LogP contribution in [0.15, 0.2) is 24.3 Å². The fraction of sp³-hybridized carbons (Fsp3) is 0.538. The number of benzene rings is 1. The number of fused-ring (bicyclic) bond motifs is 1. The van der Waals surface area contributed by atoms with E-state index in [0.717, 1.165) is 12.4 Å². The lowest BCUT2D eigenvalue weighted by Gasteiger charge is -2.14. The molecule has 0 radical (unpaired) electrons. The number of ether oxygens (including phenoxy) is 1. The Labute approximate surface area is 90.6 Å². The lowest BCUT2D eigenvalue weighted by Crippen LogP contribution is -2.24. The SMILES string of the molecule is c1ccc2c(c1)OCC2CC1CCCN1. The summed E-state index contributed by atoms with van der Waals surface area (Å²) in [6.45, 7) is 2.07. The zero-order valence-electron chi connectivity index (χ0n) is 8.91. The molecule has 1 saturated heterocycles. The molecule has 2 aliphatic rings. The summed E-state index contributed by atoms with van der Waals surface area (Å²) in [6.07, 6.45) is 3.90. The third-order valence-electron chi connectivity index (χ3n) is 3.53. The Hall–Kier alpha value is -1.02. The average molecular weight is 203 g/mol. The largest absolute Gasteiger partial charge is 0.493 e. The Morgan fingerprint density at radius 3 is 3.13 bits per heavy atom. The van der Waals surface area contributed by atoms with Crippen molar-refractivity contribution in [2.75, 3.05) is 13.2 Å². The van der Waals surface area contributed by atoms with Crippen molar-refractivity contribution in [1.29, 1.82) is 0 Å². The minimum atomic E-state index is 0.608. The Bertz CT molecular complexity index is 344. The van der Waals surface area contributed by atoms with Crippen LogP contribution in [0.2, 0.25) is 0 Å². The zero-order chi connectivity index (χ0) is 10.1. The Morgan fingerprint density at radius 1 is 1.33 bits per heavy atom. The highest BCUT2D eigenvalue weighted by Crippen LogP contribution is 2.36. The van der Waals surface area contributed by atoms with Gasteiger partial charge in [0.15, 0.2) is 0 Å². The number of hydrogen-bond acceptors (Lipinski definition) is 2. The molecule has 2 aliphatic heterocycles. The molecule has 0 aromatic heterocycles. The highest BCUT2D eigenvalue weighted by molar-refractivity contribution is 5.39. The molecule has 15 heavy (non-hydrogen) atoms.